The van der Waals surface area contributed by atoms with E-state index in [9.17, 15) is 9.18 Å². The quantitative estimate of drug-likeness (QED) is 0.825. The Kier molecular flexibility index (Phi) is 5.79. The summed E-state index contributed by atoms with van der Waals surface area (Å²) in [5.41, 5.74) is 7.31. The molecule has 2 unspecified atom stereocenters. The predicted molar refractivity (Wildman–Crippen MR) is 117 cm³/mol. The van der Waals surface area contributed by atoms with Crippen LogP contribution in [0.5, 0.6) is 0 Å². The lowest BCUT2D eigenvalue weighted by Gasteiger charge is -2.38. The van der Waals surface area contributed by atoms with E-state index in [1.807, 2.05) is 35.2 Å². The van der Waals surface area contributed by atoms with Crippen molar-refractivity contribution in [3.8, 4) is 0 Å². The maximum absolute atomic E-state index is 13.2. The molecule has 1 fully saturated rings. The number of hydrogen-bond donors (Lipinski definition) is 1. The summed E-state index contributed by atoms with van der Waals surface area (Å²) < 4.78 is 13.2. The zero-order valence-corrected chi connectivity index (χ0v) is 17.5. The Balaban J connectivity index is 1.42. The first-order valence-electron chi connectivity index (χ1n) is 10.1. The summed E-state index contributed by atoms with van der Waals surface area (Å²) in [4.78, 5) is 22.0. The van der Waals surface area contributed by atoms with Crippen LogP contribution < -0.4 is 5.73 Å². The highest BCUT2D eigenvalue weighted by molar-refractivity contribution is 8.13. The number of thioether (sulfide) groups is 1. The third-order valence-corrected chi connectivity index (χ3v) is 6.82. The molecule has 1 aromatic rings. The standard InChI is InChI=1S/C22H27FN4OS/c1-22(9-14-29-21(24)25-22)17-4-2-3-16(15-17)20(28)27-12-10-26(11-13-27)19-7-5-18(23)6-8-19/h2-7,15,19H,8-14H2,1H3,(H2,24,25). The zero-order valence-electron chi connectivity index (χ0n) is 16.7. The minimum atomic E-state index is -0.375. The first-order valence-corrected chi connectivity index (χ1v) is 11.1. The minimum absolute atomic E-state index is 0.0577. The average molecular weight is 415 g/mol. The SMILES string of the molecule is CC1(c2cccc(C(=O)N3CCN(C4C=CC(F)=CC4)CC3)c2)CCSC(N)=N1. The summed E-state index contributed by atoms with van der Waals surface area (Å²) in [7, 11) is 0. The molecular weight excluding hydrogens is 387 g/mol. The molecule has 5 nitrogen and oxygen atoms in total. The lowest BCUT2D eigenvalue weighted by molar-refractivity contribution is 0.0602. The topological polar surface area (TPSA) is 61.9 Å². The molecule has 0 spiro atoms. The van der Waals surface area contributed by atoms with Crippen LogP contribution in [0.25, 0.3) is 0 Å². The van der Waals surface area contributed by atoms with Gasteiger partial charge in [0.2, 0.25) is 0 Å². The summed E-state index contributed by atoms with van der Waals surface area (Å²) >= 11 is 1.58. The summed E-state index contributed by atoms with van der Waals surface area (Å²) in [5.74, 6) is 0.828. The third kappa shape index (κ3) is 4.41. The number of aliphatic imine (C=N–C) groups is 1. The molecule has 29 heavy (non-hydrogen) atoms. The van der Waals surface area contributed by atoms with E-state index in [1.165, 1.54) is 6.08 Å². The Bertz CT molecular complexity index is 875. The minimum Gasteiger partial charge on any atom is -0.379 e. The van der Waals surface area contributed by atoms with Crippen molar-refractivity contribution in [2.45, 2.75) is 31.3 Å². The molecule has 0 saturated carbocycles. The summed E-state index contributed by atoms with van der Waals surface area (Å²) in [6.45, 7) is 5.03. The molecule has 2 heterocycles. The smallest absolute Gasteiger partial charge is 0.253 e. The second-order valence-electron chi connectivity index (χ2n) is 7.98. The molecule has 0 radical (unpaired) electrons. The molecule has 2 N–H and O–H groups in total. The van der Waals surface area contributed by atoms with Gasteiger partial charge in [-0.2, -0.15) is 0 Å². The van der Waals surface area contributed by atoms with Crippen molar-refractivity contribution in [1.29, 1.82) is 0 Å². The molecule has 4 rings (SSSR count). The Labute approximate surface area is 175 Å². The Morgan fingerprint density at radius 1 is 1.31 bits per heavy atom. The van der Waals surface area contributed by atoms with Gasteiger partial charge in [0.15, 0.2) is 5.17 Å². The summed E-state index contributed by atoms with van der Waals surface area (Å²) in [5, 5.41) is 0.609. The summed E-state index contributed by atoms with van der Waals surface area (Å²) in [6, 6.07) is 8.04. The lowest BCUT2D eigenvalue weighted by Crippen LogP contribution is -2.51. The van der Waals surface area contributed by atoms with Crippen molar-refractivity contribution >= 4 is 22.8 Å². The van der Waals surface area contributed by atoms with E-state index >= 15 is 0 Å². The number of rotatable bonds is 3. The second kappa shape index (κ2) is 8.32. The molecule has 0 aromatic heterocycles. The van der Waals surface area contributed by atoms with E-state index in [0.717, 1.165) is 30.8 Å². The Morgan fingerprint density at radius 3 is 2.79 bits per heavy atom. The number of nitrogens with two attached hydrogens (primary N) is 1. The van der Waals surface area contributed by atoms with Crippen LogP contribution in [0.2, 0.25) is 0 Å². The monoisotopic (exact) mass is 414 g/mol. The van der Waals surface area contributed by atoms with Crippen LogP contribution in [0.1, 0.15) is 35.7 Å². The van der Waals surface area contributed by atoms with Crippen LogP contribution in [0.3, 0.4) is 0 Å². The van der Waals surface area contributed by atoms with Crippen LogP contribution in [0, 0.1) is 0 Å². The van der Waals surface area contributed by atoms with Gasteiger partial charge in [-0.3, -0.25) is 14.7 Å². The van der Waals surface area contributed by atoms with Gasteiger partial charge >= 0.3 is 0 Å². The maximum atomic E-state index is 13.2. The molecule has 3 aliphatic rings. The van der Waals surface area contributed by atoms with Crippen molar-refractivity contribution in [1.82, 2.24) is 9.80 Å². The molecule has 1 amide bonds. The maximum Gasteiger partial charge on any atom is 0.253 e. The van der Waals surface area contributed by atoms with Crippen LogP contribution in [0.4, 0.5) is 4.39 Å². The second-order valence-corrected chi connectivity index (χ2v) is 9.10. The highest BCUT2D eigenvalue weighted by Crippen LogP contribution is 2.35. The first kappa shape index (κ1) is 20.2. The molecular formula is C22H27FN4OS. The molecule has 1 saturated heterocycles. The fraction of sp³-hybridized carbons (Fsp3) is 0.455. The Hall–Kier alpha value is -2.12. The fourth-order valence-electron chi connectivity index (χ4n) is 4.17. The van der Waals surface area contributed by atoms with E-state index in [4.69, 9.17) is 5.73 Å². The van der Waals surface area contributed by atoms with Crippen LogP contribution >= 0.6 is 11.8 Å². The van der Waals surface area contributed by atoms with Gasteiger partial charge in [-0.05, 0) is 49.6 Å². The van der Waals surface area contributed by atoms with Crippen molar-refractivity contribution in [2.24, 2.45) is 10.7 Å². The summed E-state index contributed by atoms with van der Waals surface area (Å²) in [6.07, 6.45) is 6.69. The van der Waals surface area contributed by atoms with E-state index in [-0.39, 0.29) is 23.3 Å². The largest absolute Gasteiger partial charge is 0.379 e. The molecule has 0 bridgehead atoms. The van der Waals surface area contributed by atoms with Gasteiger partial charge in [-0.15, -0.1) is 0 Å². The van der Waals surface area contributed by atoms with E-state index in [1.54, 1.807) is 17.8 Å². The van der Waals surface area contributed by atoms with E-state index < -0.39 is 0 Å². The van der Waals surface area contributed by atoms with Crippen LogP contribution in [-0.4, -0.2) is 58.8 Å². The number of carbonyl (C=O) groups is 1. The van der Waals surface area contributed by atoms with Gasteiger partial charge in [0, 0.05) is 43.5 Å². The fourth-order valence-corrected chi connectivity index (χ4v) is 5.15. The van der Waals surface area contributed by atoms with E-state index in [2.05, 4.69) is 16.8 Å². The molecule has 2 aliphatic heterocycles. The molecule has 2 atom stereocenters. The van der Waals surface area contributed by atoms with Crippen molar-refractivity contribution in [3.63, 3.8) is 0 Å². The molecule has 154 valence electrons. The lowest BCUT2D eigenvalue weighted by atomic mass is 9.88. The molecule has 1 aromatic carbocycles. The number of piperazine rings is 1. The number of hydrogen-bond acceptors (Lipinski definition) is 5. The van der Waals surface area contributed by atoms with Crippen molar-refractivity contribution in [2.75, 3.05) is 31.9 Å². The van der Waals surface area contributed by atoms with Gasteiger partial charge in [0.25, 0.3) is 5.91 Å². The normalized spacial score (nSPS) is 28.1. The first-order chi connectivity index (χ1) is 13.9. The number of halogens is 1. The van der Waals surface area contributed by atoms with Gasteiger partial charge in [0.05, 0.1) is 5.54 Å². The Morgan fingerprint density at radius 2 is 2.10 bits per heavy atom. The average Bonchev–Trinajstić information content (AvgIpc) is 2.74. The van der Waals surface area contributed by atoms with Crippen molar-refractivity contribution < 1.29 is 9.18 Å². The highest BCUT2D eigenvalue weighted by atomic mass is 32.2. The number of amides is 1. The number of benzene rings is 1. The van der Waals surface area contributed by atoms with Crippen LogP contribution in [0.15, 0.2) is 53.3 Å². The van der Waals surface area contributed by atoms with Gasteiger partial charge in [0.1, 0.15) is 5.83 Å². The van der Waals surface area contributed by atoms with Crippen LogP contribution in [-0.2, 0) is 5.54 Å². The highest BCUT2D eigenvalue weighted by Gasteiger charge is 2.31. The number of allylic oxidation sites excluding steroid dienone is 2. The third-order valence-electron chi connectivity index (χ3n) is 6.03. The van der Waals surface area contributed by atoms with Gasteiger partial charge in [-0.25, -0.2) is 4.39 Å². The number of carbonyl (C=O) groups excluding carboxylic acids is 1. The molecule has 7 heteroatoms. The zero-order chi connectivity index (χ0) is 20.4. The number of amidine groups is 1. The molecule has 1 aliphatic carbocycles. The van der Waals surface area contributed by atoms with E-state index in [0.29, 0.717) is 30.2 Å². The van der Waals surface area contributed by atoms with Gasteiger partial charge < -0.3 is 10.6 Å². The van der Waals surface area contributed by atoms with Gasteiger partial charge in [-0.1, -0.05) is 30.0 Å². The predicted octanol–water partition coefficient (Wildman–Crippen LogP) is 3.29. The number of nitrogens with zero attached hydrogens (tertiary/aromatic N) is 3. The van der Waals surface area contributed by atoms with Crippen molar-refractivity contribution in [3.05, 3.63) is 59.4 Å².